The van der Waals surface area contributed by atoms with Crippen LogP contribution in [0.5, 0.6) is 0 Å². The standard InChI is InChI=1S/C13H14F3N5O/c14-13(15,16)11-2-4-17-12(19-11)20-6-7-22-10(8-20)9-21-5-1-3-18-21/h1-5,10H,6-9H2. The van der Waals surface area contributed by atoms with Gasteiger partial charge < -0.3 is 9.64 Å². The normalized spacial score (nSPS) is 19.4. The summed E-state index contributed by atoms with van der Waals surface area (Å²) in [6, 6.07) is 2.67. The summed E-state index contributed by atoms with van der Waals surface area (Å²) in [5.74, 6) is 0.0728. The number of hydrogen-bond acceptors (Lipinski definition) is 5. The van der Waals surface area contributed by atoms with Gasteiger partial charge in [-0.15, -0.1) is 0 Å². The third-order valence-electron chi connectivity index (χ3n) is 3.30. The van der Waals surface area contributed by atoms with Crippen LogP contribution in [-0.2, 0) is 17.5 Å². The number of anilines is 1. The van der Waals surface area contributed by atoms with Gasteiger partial charge in [0.15, 0.2) is 0 Å². The number of alkyl halides is 3. The van der Waals surface area contributed by atoms with Gasteiger partial charge in [0.1, 0.15) is 5.69 Å². The van der Waals surface area contributed by atoms with Gasteiger partial charge in [0.05, 0.1) is 19.3 Å². The predicted octanol–water partition coefficient (Wildman–Crippen LogP) is 1.60. The van der Waals surface area contributed by atoms with Crippen LogP contribution in [0.1, 0.15) is 5.69 Å². The fraction of sp³-hybridized carbons (Fsp3) is 0.462. The van der Waals surface area contributed by atoms with Crippen molar-refractivity contribution in [3.63, 3.8) is 0 Å². The molecule has 0 aliphatic carbocycles. The minimum Gasteiger partial charge on any atom is -0.373 e. The van der Waals surface area contributed by atoms with E-state index in [1.54, 1.807) is 21.8 Å². The molecule has 0 amide bonds. The van der Waals surface area contributed by atoms with E-state index in [0.717, 1.165) is 12.3 Å². The first kappa shape index (κ1) is 14.8. The lowest BCUT2D eigenvalue weighted by Gasteiger charge is -2.33. The quantitative estimate of drug-likeness (QED) is 0.861. The van der Waals surface area contributed by atoms with Crippen molar-refractivity contribution < 1.29 is 17.9 Å². The molecule has 2 aromatic heterocycles. The highest BCUT2D eigenvalue weighted by Crippen LogP contribution is 2.28. The maximum atomic E-state index is 12.7. The van der Waals surface area contributed by atoms with E-state index in [9.17, 15) is 13.2 Å². The SMILES string of the molecule is FC(F)(F)c1ccnc(N2CCOC(Cn3cccn3)C2)n1. The third kappa shape index (κ3) is 3.35. The molecule has 0 N–H and O–H groups in total. The molecule has 2 aromatic rings. The number of nitrogens with zero attached hydrogens (tertiary/aromatic N) is 5. The topological polar surface area (TPSA) is 56.1 Å². The Bertz CT molecular complexity index is 616. The lowest BCUT2D eigenvalue weighted by Crippen LogP contribution is -2.45. The highest BCUT2D eigenvalue weighted by atomic mass is 19.4. The summed E-state index contributed by atoms with van der Waals surface area (Å²) in [4.78, 5) is 9.26. The zero-order chi connectivity index (χ0) is 15.6. The number of ether oxygens (including phenoxy) is 1. The van der Waals surface area contributed by atoms with Gasteiger partial charge in [-0.2, -0.15) is 18.3 Å². The van der Waals surface area contributed by atoms with Crippen molar-refractivity contribution >= 4 is 5.95 Å². The first-order valence-electron chi connectivity index (χ1n) is 6.76. The zero-order valence-corrected chi connectivity index (χ0v) is 11.6. The van der Waals surface area contributed by atoms with Gasteiger partial charge in [-0.25, -0.2) is 9.97 Å². The van der Waals surface area contributed by atoms with Crippen molar-refractivity contribution in [2.45, 2.75) is 18.8 Å². The lowest BCUT2D eigenvalue weighted by atomic mass is 10.3. The van der Waals surface area contributed by atoms with Gasteiger partial charge in [0.2, 0.25) is 5.95 Å². The average Bonchev–Trinajstić information content (AvgIpc) is 3.00. The van der Waals surface area contributed by atoms with Crippen LogP contribution < -0.4 is 4.90 Å². The Morgan fingerprint density at radius 1 is 1.32 bits per heavy atom. The van der Waals surface area contributed by atoms with E-state index in [0.29, 0.717) is 26.2 Å². The number of morpholine rings is 1. The van der Waals surface area contributed by atoms with Crippen LogP contribution in [0.2, 0.25) is 0 Å². The molecule has 1 aliphatic heterocycles. The van der Waals surface area contributed by atoms with E-state index in [4.69, 9.17) is 4.74 Å². The summed E-state index contributed by atoms with van der Waals surface area (Å²) in [5.41, 5.74) is -0.937. The van der Waals surface area contributed by atoms with E-state index < -0.39 is 11.9 Å². The number of halogens is 3. The van der Waals surface area contributed by atoms with Crippen LogP contribution in [0.25, 0.3) is 0 Å². The first-order valence-corrected chi connectivity index (χ1v) is 6.76. The van der Waals surface area contributed by atoms with Crippen LogP contribution in [0.3, 0.4) is 0 Å². The van der Waals surface area contributed by atoms with E-state index in [2.05, 4.69) is 15.1 Å². The second-order valence-corrected chi connectivity index (χ2v) is 4.91. The maximum absolute atomic E-state index is 12.7. The largest absolute Gasteiger partial charge is 0.433 e. The zero-order valence-electron chi connectivity index (χ0n) is 11.6. The van der Waals surface area contributed by atoms with E-state index in [-0.39, 0.29) is 12.1 Å². The Kier molecular flexibility index (Phi) is 3.97. The van der Waals surface area contributed by atoms with Gasteiger partial charge in [0, 0.05) is 31.7 Å². The molecule has 0 saturated carbocycles. The molecule has 0 bridgehead atoms. The summed E-state index contributed by atoms with van der Waals surface area (Å²) in [6.07, 6.45) is -0.0481. The summed E-state index contributed by atoms with van der Waals surface area (Å²) < 4.78 is 45.5. The first-order chi connectivity index (χ1) is 10.5. The summed E-state index contributed by atoms with van der Waals surface area (Å²) in [6.45, 7) is 1.81. The number of aromatic nitrogens is 4. The summed E-state index contributed by atoms with van der Waals surface area (Å²) >= 11 is 0. The molecule has 1 atom stereocenters. The Morgan fingerprint density at radius 2 is 2.18 bits per heavy atom. The van der Waals surface area contributed by atoms with Crippen LogP contribution >= 0.6 is 0 Å². The number of rotatable bonds is 3. The van der Waals surface area contributed by atoms with Crippen molar-refractivity contribution in [1.29, 1.82) is 0 Å². The molecule has 1 fully saturated rings. The monoisotopic (exact) mass is 313 g/mol. The molecule has 6 nitrogen and oxygen atoms in total. The molecular formula is C13H14F3N5O. The molecule has 22 heavy (non-hydrogen) atoms. The maximum Gasteiger partial charge on any atom is 0.433 e. The van der Waals surface area contributed by atoms with Crippen molar-refractivity contribution in [1.82, 2.24) is 19.7 Å². The van der Waals surface area contributed by atoms with Crippen molar-refractivity contribution in [2.75, 3.05) is 24.6 Å². The predicted molar refractivity (Wildman–Crippen MR) is 71.2 cm³/mol. The van der Waals surface area contributed by atoms with Gasteiger partial charge >= 0.3 is 6.18 Å². The van der Waals surface area contributed by atoms with E-state index >= 15 is 0 Å². The van der Waals surface area contributed by atoms with Gasteiger partial charge in [0.25, 0.3) is 0 Å². The molecule has 3 rings (SSSR count). The minimum absolute atomic E-state index is 0.0728. The smallest absolute Gasteiger partial charge is 0.373 e. The molecular weight excluding hydrogens is 299 g/mol. The second-order valence-electron chi connectivity index (χ2n) is 4.91. The van der Waals surface area contributed by atoms with E-state index in [1.165, 1.54) is 0 Å². The Morgan fingerprint density at radius 3 is 2.91 bits per heavy atom. The second kappa shape index (κ2) is 5.91. The molecule has 1 unspecified atom stereocenters. The molecule has 3 heterocycles. The minimum atomic E-state index is -4.47. The van der Waals surface area contributed by atoms with Crippen molar-refractivity contribution in [3.8, 4) is 0 Å². The Labute approximate surface area is 124 Å². The number of hydrogen-bond donors (Lipinski definition) is 0. The van der Waals surface area contributed by atoms with E-state index in [1.807, 2.05) is 6.20 Å². The Balaban J connectivity index is 1.72. The summed E-state index contributed by atoms with van der Waals surface area (Å²) in [5, 5.41) is 4.09. The highest BCUT2D eigenvalue weighted by molar-refractivity contribution is 5.31. The third-order valence-corrected chi connectivity index (χ3v) is 3.30. The average molecular weight is 313 g/mol. The van der Waals surface area contributed by atoms with Crippen molar-refractivity contribution in [3.05, 3.63) is 36.4 Å². The van der Waals surface area contributed by atoms with Crippen LogP contribution in [0.4, 0.5) is 19.1 Å². The van der Waals surface area contributed by atoms with Gasteiger partial charge in [-0.05, 0) is 12.1 Å². The Hall–Kier alpha value is -2.16. The van der Waals surface area contributed by atoms with Crippen LogP contribution in [0, 0.1) is 0 Å². The van der Waals surface area contributed by atoms with Gasteiger partial charge in [-0.3, -0.25) is 4.68 Å². The molecule has 0 spiro atoms. The van der Waals surface area contributed by atoms with Crippen molar-refractivity contribution in [2.24, 2.45) is 0 Å². The van der Waals surface area contributed by atoms with Crippen LogP contribution in [-0.4, -0.2) is 45.5 Å². The molecule has 9 heteroatoms. The van der Waals surface area contributed by atoms with Gasteiger partial charge in [-0.1, -0.05) is 0 Å². The molecule has 1 saturated heterocycles. The molecule has 118 valence electrons. The summed E-state index contributed by atoms with van der Waals surface area (Å²) in [7, 11) is 0. The fourth-order valence-electron chi connectivity index (χ4n) is 2.29. The lowest BCUT2D eigenvalue weighted by molar-refractivity contribution is -0.141. The molecule has 0 radical (unpaired) electrons. The van der Waals surface area contributed by atoms with Crippen LogP contribution in [0.15, 0.2) is 30.7 Å². The fourth-order valence-corrected chi connectivity index (χ4v) is 2.29. The molecule has 0 aromatic carbocycles. The highest BCUT2D eigenvalue weighted by Gasteiger charge is 2.33. The molecule has 1 aliphatic rings.